The fourth-order valence-corrected chi connectivity index (χ4v) is 2.06. The van der Waals surface area contributed by atoms with Crippen molar-refractivity contribution in [3.63, 3.8) is 0 Å². The maximum Gasteiger partial charge on any atom is 0.138 e. The van der Waals surface area contributed by atoms with Gasteiger partial charge < -0.3 is 9.67 Å². The van der Waals surface area contributed by atoms with Crippen LogP contribution in [0.3, 0.4) is 0 Å². The van der Waals surface area contributed by atoms with Crippen molar-refractivity contribution < 1.29 is 9.50 Å². The van der Waals surface area contributed by atoms with E-state index in [0.717, 1.165) is 5.52 Å². The number of hydrogen-bond acceptors (Lipinski definition) is 1. The summed E-state index contributed by atoms with van der Waals surface area (Å²) in [6.45, 7) is 0. The zero-order valence-corrected chi connectivity index (χ0v) is 8.50. The highest BCUT2D eigenvalue weighted by Crippen LogP contribution is 2.47. The largest absolute Gasteiger partial charge is 0.385 e. The molecule has 1 saturated carbocycles. The Morgan fingerprint density at radius 1 is 1.33 bits per heavy atom. The zero-order chi connectivity index (χ0) is 10.6. The van der Waals surface area contributed by atoms with Gasteiger partial charge in [-0.2, -0.15) is 0 Å². The number of halogens is 1. The molecule has 3 rings (SSSR count). The maximum absolute atomic E-state index is 14.0. The second-order valence-electron chi connectivity index (χ2n) is 4.32. The van der Waals surface area contributed by atoms with Crippen molar-refractivity contribution in [1.82, 2.24) is 4.57 Å². The average molecular weight is 205 g/mol. The average Bonchev–Trinajstić information content (AvgIpc) is 2.83. The van der Waals surface area contributed by atoms with E-state index in [1.165, 1.54) is 0 Å². The van der Waals surface area contributed by atoms with Crippen LogP contribution in [0.4, 0.5) is 4.39 Å². The number of aliphatic hydroxyl groups is 1. The van der Waals surface area contributed by atoms with Gasteiger partial charge in [-0.3, -0.25) is 0 Å². The molecule has 1 fully saturated rings. The first kappa shape index (κ1) is 8.92. The van der Waals surface area contributed by atoms with Crippen molar-refractivity contribution in [1.29, 1.82) is 0 Å². The molecule has 0 radical (unpaired) electrons. The molecule has 0 saturated heterocycles. The van der Waals surface area contributed by atoms with Gasteiger partial charge in [0.25, 0.3) is 0 Å². The first-order valence-corrected chi connectivity index (χ1v) is 5.08. The van der Waals surface area contributed by atoms with E-state index >= 15 is 0 Å². The third-order valence-electron chi connectivity index (χ3n) is 3.23. The lowest BCUT2D eigenvalue weighted by atomic mass is 10.0. The fourth-order valence-electron chi connectivity index (χ4n) is 2.06. The van der Waals surface area contributed by atoms with Gasteiger partial charge in [-0.15, -0.1) is 0 Å². The van der Waals surface area contributed by atoms with Crippen LogP contribution < -0.4 is 0 Å². The molecule has 1 heterocycles. The predicted octanol–water partition coefficient (Wildman–Crippen LogP) is 2.30. The Hall–Kier alpha value is -1.35. The fraction of sp³-hybridized carbons (Fsp3) is 0.333. The molecule has 0 amide bonds. The monoisotopic (exact) mass is 205 g/mol. The van der Waals surface area contributed by atoms with Gasteiger partial charge in [0, 0.05) is 24.2 Å². The molecule has 0 unspecified atom stereocenters. The molecule has 0 atom stereocenters. The van der Waals surface area contributed by atoms with E-state index in [-0.39, 0.29) is 5.82 Å². The SMILES string of the molecule is Cn1ccc2c(F)c(C3(O)CC3)ccc21. The van der Waals surface area contributed by atoms with E-state index in [0.29, 0.717) is 23.8 Å². The molecule has 1 aromatic heterocycles. The summed E-state index contributed by atoms with van der Waals surface area (Å²) in [4.78, 5) is 0. The summed E-state index contributed by atoms with van der Waals surface area (Å²) in [6, 6.07) is 5.31. The zero-order valence-electron chi connectivity index (χ0n) is 8.50. The maximum atomic E-state index is 14.0. The topological polar surface area (TPSA) is 25.2 Å². The lowest BCUT2D eigenvalue weighted by Crippen LogP contribution is -2.07. The van der Waals surface area contributed by atoms with E-state index < -0.39 is 5.60 Å². The molecule has 1 aromatic carbocycles. The van der Waals surface area contributed by atoms with Crippen LogP contribution in [0.25, 0.3) is 10.9 Å². The quantitative estimate of drug-likeness (QED) is 0.759. The van der Waals surface area contributed by atoms with Gasteiger partial charge in [0.1, 0.15) is 5.82 Å². The van der Waals surface area contributed by atoms with Crippen LogP contribution in [-0.4, -0.2) is 9.67 Å². The number of benzene rings is 1. The molecule has 0 bridgehead atoms. The smallest absolute Gasteiger partial charge is 0.138 e. The summed E-state index contributed by atoms with van der Waals surface area (Å²) in [5, 5.41) is 10.5. The van der Waals surface area contributed by atoms with Crippen LogP contribution in [0.2, 0.25) is 0 Å². The summed E-state index contributed by atoms with van der Waals surface area (Å²) in [5.74, 6) is -0.270. The van der Waals surface area contributed by atoms with Crippen LogP contribution in [0, 0.1) is 5.82 Å². The Bertz CT molecular complexity index is 540. The lowest BCUT2D eigenvalue weighted by Gasteiger charge is -2.10. The summed E-state index contributed by atoms with van der Waals surface area (Å²) in [7, 11) is 1.88. The van der Waals surface area contributed by atoms with Crippen LogP contribution >= 0.6 is 0 Å². The van der Waals surface area contributed by atoms with Crippen molar-refractivity contribution >= 4 is 10.9 Å². The van der Waals surface area contributed by atoms with Crippen molar-refractivity contribution in [2.45, 2.75) is 18.4 Å². The van der Waals surface area contributed by atoms with Gasteiger partial charge in [0.05, 0.1) is 11.1 Å². The number of aromatic nitrogens is 1. The minimum absolute atomic E-state index is 0.270. The third kappa shape index (κ3) is 1.13. The molecule has 3 heteroatoms. The summed E-state index contributed by atoms with van der Waals surface area (Å²) < 4.78 is 15.9. The second-order valence-corrected chi connectivity index (χ2v) is 4.32. The van der Waals surface area contributed by atoms with Gasteiger partial charge in [-0.1, -0.05) is 6.07 Å². The van der Waals surface area contributed by atoms with E-state index in [1.54, 1.807) is 12.1 Å². The molecule has 1 aliphatic rings. The van der Waals surface area contributed by atoms with Crippen LogP contribution in [0.15, 0.2) is 24.4 Å². The first-order valence-electron chi connectivity index (χ1n) is 5.08. The Labute approximate surface area is 86.9 Å². The van der Waals surface area contributed by atoms with Gasteiger partial charge in [-0.25, -0.2) is 4.39 Å². The molecule has 78 valence electrons. The molecular weight excluding hydrogens is 193 g/mol. The standard InChI is InChI=1S/C12H12FNO/c1-14-7-4-8-10(14)3-2-9(11(8)13)12(15)5-6-12/h2-4,7,15H,5-6H2,1H3. The normalized spacial score (nSPS) is 18.3. The highest BCUT2D eigenvalue weighted by Gasteiger charge is 2.44. The Morgan fingerprint density at radius 2 is 2.07 bits per heavy atom. The van der Waals surface area contributed by atoms with Crippen molar-refractivity contribution in [2.75, 3.05) is 0 Å². The number of hydrogen-bond donors (Lipinski definition) is 1. The van der Waals surface area contributed by atoms with Crippen molar-refractivity contribution in [3.8, 4) is 0 Å². The summed E-state index contributed by atoms with van der Waals surface area (Å²) in [5.41, 5.74) is 0.412. The number of fused-ring (bicyclic) bond motifs is 1. The second kappa shape index (κ2) is 2.61. The Morgan fingerprint density at radius 3 is 2.73 bits per heavy atom. The molecule has 2 aromatic rings. The third-order valence-corrected chi connectivity index (χ3v) is 3.23. The molecule has 0 spiro atoms. The number of rotatable bonds is 1. The van der Waals surface area contributed by atoms with Gasteiger partial charge in [0.2, 0.25) is 0 Å². The lowest BCUT2D eigenvalue weighted by molar-refractivity contribution is 0.147. The molecule has 15 heavy (non-hydrogen) atoms. The Balaban J connectivity index is 2.30. The van der Waals surface area contributed by atoms with E-state index in [2.05, 4.69) is 0 Å². The highest BCUT2D eigenvalue weighted by molar-refractivity contribution is 5.82. The summed E-state index contributed by atoms with van der Waals surface area (Å²) in [6.07, 6.45) is 3.17. The van der Waals surface area contributed by atoms with Crippen LogP contribution in [0.1, 0.15) is 18.4 Å². The molecule has 1 aliphatic carbocycles. The highest BCUT2D eigenvalue weighted by atomic mass is 19.1. The minimum atomic E-state index is -0.895. The minimum Gasteiger partial charge on any atom is -0.385 e. The molecule has 0 aliphatic heterocycles. The molecule has 1 N–H and O–H groups in total. The Kier molecular flexibility index (Phi) is 1.55. The van der Waals surface area contributed by atoms with Crippen LogP contribution in [0.5, 0.6) is 0 Å². The predicted molar refractivity (Wildman–Crippen MR) is 56.0 cm³/mol. The van der Waals surface area contributed by atoms with Crippen LogP contribution in [-0.2, 0) is 12.6 Å². The molecular formula is C12H12FNO. The van der Waals surface area contributed by atoms with E-state index in [4.69, 9.17) is 0 Å². The number of nitrogens with zero attached hydrogens (tertiary/aromatic N) is 1. The summed E-state index contributed by atoms with van der Waals surface area (Å²) >= 11 is 0. The van der Waals surface area contributed by atoms with E-state index in [9.17, 15) is 9.50 Å². The van der Waals surface area contributed by atoms with Gasteiger partial charge >= 0.3 is 0 Å². The van der Waals surface area contributed by atoms with Crippen molar-refractivity contribution in [3.05, 3.63) is 35.8 Å². The van der Waals surface area contributed by atoms with Gasteiger partial charge in [-0.05, 0) is 25.0 Å². The van der Waals surface area contributed by atoms with E-state index in [1.807, 2.05) is 23.9 Å². The first-order chi connectivity index (χ1) is 7.12. The number of aryl methyl sites for hydroxylation is 1. The van der Waals surface area contributed by atoms with Gasteiger partial charge in [0.15, 0.2) is 0 Å². The van der Waals surface area contributed by atoms with Crippen molar-refractivity contribution in [2.24, 2.45) is 7.05 Å². The molecule has 2 nitrogen and oxygen atoms in total.